The summed E-state index contributed by atoms with van der Waals surface area (Å²) in [5.74, 6) is 2.71. The third-order valence-electron chi connectivity index (χ3n) is 2.56. The fourth-order valence-electron chi connectivity index (χ4n) is 1.64. The Morgan fingerprint density at radius 3 is 2.58 bits per heavy atom. The third-order valence-corrected chi connectivity index (χ3v) is 2.56. The van der Waals surface area contributed by atoms with Crippen LogP contribution in [0.1, 0.15) is 13.3 Å². The van der Waals surface area contributed by atoms with E-state index in [9.17, 15) is 0 Å². The molecule has 1 N–H and O–H groups in total. The molecule has 19 heavy (non-hydrogen) atoms. The first-order valence-electron chi connectivity index (χ1n) is 6.35. The number of rotatable bonds is 6. The summed E-state index contributed by atoms with van der Waals surface area (Å²) in [5, 5.41) is 3.23. The minimum absolute atomic E-state index is 0.547. The number of hydrogen-bond acceptors (Lipinski definition) is 4. The van der Waals surface area contributed by atoms with Crippen molar-refractivity contribution < 1.29 is 9.47 Å². The molecule has 0 radical (unpaired) electrons. The minimum Gasteiger partial charge on any atom is -0.493 e. The molecule has 1 heterocycles. The van der Waals surface area contributed by atoms with Crippen molar-refractivity contribution in [2.24, 2.45) is 0 Å². The van der Waals surface area contributed by atoms with Gasteiger partial charge in [-0.1, -0.05) is 25.1 Å². The summed E-state index contributed by atoms with van der Waals surface area (Å²) in [7, 11) is 1.62. The van der Waals surface area contributed by atoms with Crippen molar-refractivity contribution in [3.05, 3.63) is 42.5 Å². The standard InChI is InChI=1S/C15H18N2O2/c1-3-11-16-14-9-6-10-15(17-14)19-13-8-5-4-7-12(13)18-2/h4-10H,3,11H2,1-2H3,(H,16,17). The van der Waals surface area contributed by atoms with E-state index in [1.54, 1.807) is 7.11 Å². The molecule has 2 aromatic rings. The van der Waals surface area contributed by atoms with Crippen LogP contribution in [0.4, 0.5) is 5.82 Å². The second-order valence-corrected chi connectivity index (χ2v) is 4.04. The summed E-state index contributed by atoms with van der Waals surface area (Å²) >= 11 is 0. The normalized spacial score (nSPS) is 10.0. The lowest BCUT2D eigenvalue weighted by molar-refractivity contribution is 0.374. The number of anilines is 1. The number of aromatic nitrogens is 1. The first-order chi connectivity index (χ1) is 9.33. The highest BCUT2D eigenvalue weighted by molar-refractivity contribution is 5.43. The molecule has 0 aliphatic heterocycles. The van der Waals surface area contributed by atoms with E-state index in [4.69, 9.17) is 9.47 Å². The minimum atomic E-state index is 0.547. The predicted octanol–water partition coefficient (Wildman–Crippen LogP) is 3.70. The molecule has 0 unspecified atom stereocenters. The summed E-state index contributed by atoms with van der Waals surface area (Å²) < 4.78 is 11.0. The summed E-state index contributed by atoms with van der Waals surface area (Å²) in [6.45, 7) is 3.01. The van der Waals surface area contributed by atoms with E-state index in [1.807, 2.05) is 42.5 Å². The third kappa shape index (κ3) is 3.61. The van der Waals surface area contributed by atoms with Crippen molar-refractivity contribution in [1.82, 2.24) is 4.98 Å². The van der Waals surface area contributed by atoms with Gasteiger partial charge in [0.15, 0.2) is 11.5 Å². The molecule has 0 aliphatic rings. The van der Waals surface area contributed by atoms with Crippen molar-refractivity contribution in [3.8, 4) is 17.4 Å². The van der Waals surface area contributed by atoms with Crippen molar-refractivity contribution in [3.63, 3.8) is 0 Å². The van der Waals surface area contributed by atoms with Crippen molar-refractivity contribution in [2.45, 2.75) is 13.3 Å². The van der Waals surface area contributed by atoms with Gasteiger partial charge in [0.1, 0.15) is 5.82 Å². The van der Waals surface area contributed by atoms with Gasteiger partial charge in [0.05, 0.1) is 7.11 Å². The van der Waals surface area contributed by atoms with E-state index >= 15 is 0 Å². The topological polar surface area (TPSA) is 43.4 Å². The van der Waals surface area contributed by atoms with Crippen LogP contribution in [-0.2, 0) is 0 Å². The number of ether oxygens (including phenoxy) is 2. The maximum atomic E-state index is 5.74. The zero-order chi connectivity index (χ0) is 13.5. The van der Waals surface area contributed by atoms with Gasteiger partial charge in [-0.15, -0.1) is 0 Å². The Morgan fingerprint density at radius 1 is 1.05 bits per heavy atom. The summed E-state index contributed by atoms with van der Waals surface area (Å²) in [6, 6.07) is 13.2. The van der Waals surface area contributed by atoms with Crippen LogP contribution >= 0.6 is 0 Å². The SMILES string of the molecule is CCCNc1cccc(Oc2ccccc2OC)n1. The van der Waals surface area contributed by atoms with Gasteiger partial charge in [-0.3, -0.25) is 0 Å². The molecule has 0 bridgehead atoms. The van der Waals surface area contributed by atoms with Gasteiger partial charge in [0.2, 0.25) is 5.88 Å². The van der Waals surface area contributed by atoms with Crippen LogP contribution in [0, 0.1) is 0 Å². The Morgan fingerprint density at radius 2 is 1.84 bits per heavy atom. The van der Waals surface area contributed by atoms with E-state index in [0.717, 1.165) is 18.8 Å². The maximum absolute atomic E-state index is 5.74. The van der Waals surface area contributed by atoms with Gasteiger partial charge in [-0.2, -0.15) is 4.98 Å². The molecule has 0 aliphatic carbocycles. The van der Waals surface area contributed by atoms with E-state index in [2.05, 4.69) is 17.2 Å². The second kappa shape index (κ2) is 6.64. The number of nitrogens with one attached hydrogen (secondary N) is 1. The lowest BCUT2D eigenvalue weighted by Gasteiger charge is -2.10. The smallest absolute Gasteiger partial charge is 0.221 e. The van der Waals surface area contributed by atoms with Crippen LogP contribution in [0.3, 0.4) is 0 Å². The summed E-state index contributed by atoms with van der Waals surface area (Å²) in [4.78, 5) is 4.39. The van der Waals surface area contributed by atoms with Gasteiger partial charge in [-0.25, -0.2) is 0 Å². The molecule has 0 fully saturated rings. The zero-order valence-corrected chi connectivity index (χ0v) is 11.2. The molecule has 0 amide bonds. The number of hydrogen-bond donors (Lipinski definition) is 1. The van der Waals surface area contributed by atoms with Gasteiger partial charge >= 0.3 is 0 Å². The largest absolute Gasteiger partial charge is 0.493 e. The molecular formula is C15H18N2O2. The van der Waals surface area contributed by atoms with Crippen molar-refractivity contribution >= 4 is 5.82 Å². The van der Waals surface area contributed by atoms with Crippen molar-refractivity contribution in [2.75, 3.05) is 19.0 Å². The van der Waals surface area contributed by atoms with Crippen LogP contribution in [0.5, 0.6) is 17.4 Å². The molecule has 100 valence electrons. The first kappa shape index (κ1) is 13.2. The van der Waals surface area contributed by atoms with Crippen LogP contribution in [0.15, 0.2) is 42.5 Å². The van der Waals surface area contributed by atoms with E-state index in [1.165, 1.54) is 0 Å². The Bertz CT molecular complexity index is 529. The highest BCUT2D eigenvalue weighted by atomic mass is 16.5. The zero-order valence-electron chi connectivity index (χ0n) is 11.2. The Balaban J connectivity index is 2.14. The molecule has 1 aromatic heterocycles. The van der Waals surface area contributed by atoms with Crippen molar-refractivity contribution in [1.29, 1.82) is 0 Å². The van der Waals surface area contributed by atoms with Gasteiger partial charge < -0.3 is 14.8 Å². The molecule has 4 heteroatoms. The maximum Gasteiger partial charge on any atom is 0.221 e. The number of pyridine rings is 1. The molecule has 4 nitrogen and oxygen atoms in total. The molecular weight excluding hydrogens is 240 g/mol. The fraction of sp³-hybridized carbons (Fsp3) is 0.267. The lowest BCUT2D eigenvalue weighted by atomic mass is 10.3. The van der Waals surface area contributed by atoms with Gasteiger partial charge in [0.25, 0.3) is 0 Å². The average molecular weight is 258 g/mol. The van der Waals surface area contributed by atoms with Crippen LogP contribution in [0.25, 0.3) is 0 Å². The molecule has 2 rings (SSSR count). The number of benzene rings is 1. The molecule has 0 saturated heterocycles. The summed E-state index contributed by atoms with van der Waals surface area (Å²) in [6.07, 6.45) is 1.05. The van der Waals surface area contributed by atoms with E-state index in [-0.39, 0.29) is 0 Å². The molecule has 1 aromatic carbocycles. The summed E-state index contributed by atoms with van der Waals surface area (Å²) in [5.41, 5.74) is 0. The predicted molar refractivity (Wildman–Crippen MR) is 76.1 cm³/mol. The average Bonchev–Trinajstić information content (AvgIpc) is 2.46. The monoisotopic (exact) mass is 258 g/mol. The lowest BCUT2D eigenvalue weighted by Crippen LogP contribution is -2.02. The number of methoxy groups -OCH3 is 1. The Labute approximate surface area is 113 Å². The highest BCUT2D eigenvalue weighted by Crippen LogP contribution is 2.30. The molecule has 0 atom stereocenters. The Kier molecular flexibility index (Phi) is 4.61. The molecule has 0 spiro atoms. The number of para-hydroxylation sites is 2. The molecule has 0 saturated carbocycles. The van der Waals surface area contributed by atoms with Crippen LogP contribution < -0.4 is 14.8 Å². The second-order valence-electron chi connectivity index (χ2n) is 4.04. The van der Waals surface area contributed by atoms with Gasteiger partial charge in [0, 0.05) is 12.6 Å². The Hall–Kier alpha value is -2.23. The quantitative estimate of drug-likeness (QED) is 0.857. The van der Waals surface area contributed by atoms with Gasteiger partial charge in [-0.05, 0) is 24.6 Å². The fourth-order valence-corrected chi connectivity index (χ4v) is 1.64. The van der Waals surface area contributed by atoms with Crippen LogP contribution in [0.2, 0.25) is 0 Å². The number of nitrogens with zero attached hydrogens (tertiary/aromatic N) is 1. The van der Waals surface area contributed by atoms with Crippen LogP contribution in [-0.4, -0.2) is 18.6 Å². The van der Waals surface area contributed by atoms with E-state index < -0.39 is 0 Å². The van der Waals surface area contributed by atoms with E-state index in [0.29, 0.717) is 17.4 Å². The highest BCUT2D eigenvalue weighted by Gasteiger charge is 2.05. The first-order valence-corrected chi connectivity index (χ1v) is 6.35.